The summed E-state index contributed by atoms with van der Waals surface area (Å²) in [5, 5.41) is 3.26. The van der Waals surface area contributed by atoms with Crippen molar-refractivity contribution in [1.82, 2.24) is 14.5 Å². The molecule has 0 spiro atoms. The van der Waals surface area contributed by atoms with Crippen LogP contribution >= 0.6 is 0 Å². The molecule has 1 saturated carbocycles. The van der Waals surface area contributed by atoms with Crippen molar-refractivity contribution >= 4 is 11.9 Å². The lowest BCUT2D eigenvalue weighted by atomic mass is 9.86. The summed E-state index contributed by atoms with van der Waals surface area (Å²) in [7, 11) is 1.41. The standard InChI is InChI=1S/C24H25FN4O3/c1-15-6-11-21(30)29(14-15)19-5-3-4-17(12-19)22-20(25)13-26-24(28-22)27-18-9-7-16(8-10-18)23(31)32-2/h3-6,11-14,16,18H,7-10H2,1-2H3,(H,26,27,28). The Morgan fingerprint density at radius 2 is 1.97 bits per heavy atom. The van der Waals surface area contributed by atoms with Crippen molar-refractivity contribution in [2.75, 3.05) is 12.4 Å². The molecule has 0 amide bonds. The number of halogens is 1. The molecule has 1 aliphatic rings. The van der Waals surface area contributed by atoms with E-state index in [4.69, 9.17) is 4.74 Å². The van der Waals surface area contributed by atoms with E-state index in [2.05, 4.69) is 15.3 Å². The summed E-state index contributed by atoms with van der Waals surface area (Å²) >= 11 is 0. The zero-order valence-electron chi connectivity index (χ0n) is 18.0. The van der Waals surface area contributed by atoms with Crippen molar-refractivity contribution in [3.63, 3.8) is 0 Å². The minimum Gasteiger partial charge on any atom is -0.469 e. The zero-order valence-corrected chi connectivity index (χ0v) is 18.0. The molecule has 4 rings (SSSR count). The molecule has 0 saturated heterocycles. The van der Waals surface area contributed by atoms with E-state index < -0.39 is 5.82 Å². The van der Waals surface area contributed by atoms with Gasteiger partial charge in [-0.05, 0) is 50.3 Å². The number of anilines is 1. The maximum Gasteiger partial charge on any atom is 0.308 e. The quantitative estimate of drug-likeness (QED) is 0.611. The lowest BCUT2D eigenvalue weighted by molar-refractivity contribution is -0.146. The number of methoxy groups -OCH3 is 1. The van der Waals surface area contributed by atoms with E-state index in [0.717, 1.165) is 37.4 Å². The summed E-state index contributed by atoms with van der Waals surface area (Å²) < 4.78 is 21.0. The van der Waals surface area contributed by atoms with Gasteiger partial charge in [-0.3, -0.25) is 14.2 Å². The highest BCUT2D eigenvalue weighted by atomic mass is 19.1. The van der Waals surface area contributed by atoms with Crippen molar-refractivity contribution in [1.29, 1.82) is 0 Å². The van der Waals surface area contributed by atoms with Crippen LogP contribution in [0.4, 0.5) is 10.3 Å². The van der Waals surface area contributed by atoms with E-state index in [9.17, 15) is 14.0 Å². The van der Waals surface area contributed by atoms with Crippen LogP contribution in [0.1, 0.15) is 31.2 Å². The van der Waals surface area contributed by atoms with Crippen LogP contribution in [0.5, 0.6) is 0 Å². The Kier molecular flexibility index (Phi) is 6.30. The zero-order chi connectivity index (χ0) is 22.7. The lowest BCUT2D eigenvalue weighted by Crippen LogP contribution is -2.30. The van der Waals surface area contributed by atoms with Crippen LogP contribution in [0.2, 0.25) is 0 Å². The number of carbonyl (C=O) groups is 1. The smallest absolute Gasteiger partial charge is 0.308 e. The molecular formula is C24H25FN4O3. The predicted molar refractivity (Wildman–Crippen MR) is 119 cm³/mol. The maximum absolute atomic E-state index is 14.6. The fourth-order valence-corrected chi connectivity index (χ4v) is 4.06. The van der Waals surface area contributed by atoms with E-state index in [1.165, 1.54) is 17.7 Å². The fraction of sp³-hybridized carbons (Fsp3) is 0.333. The Morgan fingerprint density at radius 1 is 1.19 bits per heavy atom. The van der Waals surface area contributed by atoms with Crippen LogP contribution < -0.4 is 10.9 Å². The van der Waals surface area contributed by atoms with Crippen molar-refractivity contribution in [2.45, 2.75) is 38.6 Å². The Labute approximate surface area is 185 Å². The molecule has 7 nitrogen and oxygen atoms in total. The summed E-state index contributed by atoms with van der Waals surface area (Å²) in [5.74, 6) is -0.452. The van der Waals surface area contributed by atoms with Gasteiger partial charge in [0, 0.05) is 29.6 Å². The summed E-state index contributed by atoms with van der Waals surface area (Å²) in [5.41, 5.74) is 2.11. The highest BCUT2D eigenvalue weighted by Gasteiger charge is 2.27. The lowest BCUT2D eigenvalue weighted by Gasteiger charge is -2.27. The van der Waals surface area contributed by atoms with Gasteiger partial charge in [0.2, 0.25) is 5.95 Å². The number of aryl methyl sites for hydroxylation is 1. The topological polar surface area (TPSA) is 86.1 Å². The Bertz CT molecular complexity index is 1190. The minimum absolute atomic E-state index is 0.0736. The predicted octanol–water partition coefficient (Wildman–Crippen LogP) is 3.89. The monoisotopic (exact) mass is 436 g/mol. The second kappa shape index (κ2) is 9.30. The molecule has 2 heterocycles. The van der Waals surface area contributed by atoms with Crippen LogP contribution in [0.25, 0.3) is 16.9 Å². The molecule has 1 fully saturated rings. The number of esters is 1. The Hall–Kier alpha value is -3.55. The van der Waals surface area contributed by atoms with Gasteiger partial charge in [0.15, 0.2) is 5.82 Å². The molecule has 0 radical (unpaired) electrons. The molecule has 8 heteroatoms. The van der Waals surface area contributed by atoms with Gasteiger partial charge in [-0.15, -0.1) is 0 Å². The number of carbonyl (C=O) groups excluding carboxylic acids is 1. The normalized spacial score (nSPS) is 18.2. The number of nitrogens with one attached hydrogen (secondary N) is 1. The van der Waals surface area contributed by atoms with Gasteiger partial charge >= 0.3 is 5.97 Å². The Balaban J connectivity index is 1.56. The van der Waals surface area contributed by atoms with Crippen LogP contribution in [0.3, 0.4) is 0 Å². The maximum atomic E-state index is 14.6. The first-order valence-corrected chi connectivity index (χ1v) is 10.6. The van der Waals surface area contributed by atoms with Gasteiger partial charge in [-0.1, -0.05) is 18.2 Å². The van der Waals surface area contributed by atoms with E-state index in [1.807, 2.05) is 6.92 Å². The van der Waals surface area contributed by atoms with Crippen molar-refractivity contribution in [3.05, 3.63) is 70.5 Å². The number of rotatable bonds is 5. The van der Waals surface area contributed by atoms with Gasteiger partial charge in [0.1, 0.15) is 5.69 Å². The SMILES string of the molecule is COC(=O)C1CCC(Nc2ncc(F)c(-c3cccc(-n4cc(C)ccc4=O)c3)n2)CC1. The summed E-state index contributed by atoms with van der Waals surface area (Å²) in [6.45, 7) is 1.90. The highest BCUT2D eigenvalue weighted by molar-refractivity contribution is 5.72. The first-order valence-electron chi connectivity index (χ1n) is 10.6. The molecular weight excluding hydrogens is 411 g/mol. The first kappa shape index (κ1) is 21.7. The summed E-state index contributed by atoms with van der Waals surface area (Å²) in [6, 6.07) is 10.4. The molecule has 1 N–H and O–H groups in total. The summed E-state index contributed by atoms with van der Waals surface area (Å²) in [4.78, 5) is 32.5. The largest absolute Gasteiger partial charge is 0.469 e. The van der Waals surface area contributed by atoms with Crippen LogP contribution in [-0.4, -0.2) is 33.7 Å². The Morgan fingerprint density at radius 3 is 2.72 bits per heavy atom. The number of hydrogen-bond acceptors (Lipinski definition) is 6. The van der Waals surface area contributed by atoms with Crippen LogP contribution in [0, 0.1) is 18.7 Å². The minimum atomic E-state index is -0.543. The third-order valence-electron chi connectivity index (χ3n) is 5.80. The molecule has 3 aromatic rings. The third kappa shape index (κ3) is 4.69. The van der Waals surface area contributed by atoms with Crippen molar-refractivity contribution < 1.29 is 13.9 Å². The molecule has 2 aromatic heterocycles. The van der Waals surface area contributed by atoms with E-state index in [0.29, 0.717) is 17.2 Å². The first-order chi connectivity index (χ1) is 15.4. The molecule has 32 heavy (non-hydrogen) atoms. The molecule has 166 valence electrons. The second-order valence-electron chi connectivity index (χ2n) is 8.07. The fourth-order valence-electron chi connectivity index (χ4n) is 4.06. The van der Waals surface area contributed by atoms with Gasteiger partial charge in [-0.25, -0.2) is 14.4 Å². The number of ether oxygens (including phenoxy) is 1. The third-order valence-corrected chi connectivity index (χ3v) is 5.80. The number of pyridine rings is 1. The number of nitrogens with zero attached hydrogens (tertiary/aromatic N) is 3. The molecule has 1 aromatic carbocycles. The molecule has 0 unspecified atom stereocenters. The van der Waals surface area contributed by atoms with Crippen molar-refractivity contribution in [2.24, 2.45) is 5.92 Å². The average Bonchev–Trinajstić information content (AvgIpc) is 2.82. The van der Waals surface area contributed by atoms with Gasteiger partial charge in [0.25, 0.3) is 5.56 Å². The van der Waals surface area contributed by atoms with E-state index >= 15 is 0 Å². The number of hydrogen-bond donors (Lipinski definition) is 1. The van der Waals surface area contributed by atoms with Crippen molar-refractivity contribution in [3.8, 4) is 16.9 Å². The van der Waals surface area contributed by atoms with Gasteiger partial charge in [-0.2, -0.15) is 0 Å². The highest BCUT2D eigenvalue weighted by Crippen LogP contribution is 2.28. The summed E-state index contributed by atoms with van der Waals surface area (Å²) in [6.07, 6.45) is 5.91. The molecule has 0 bridgehead atoms. The molecule has 0 aliphatic heterocycles. The van der Waals surface area contributed by atoms with Crippen LogP contribution in [0.15, 0.2) is 53.6 Å². The number of aromatic nitrogens is 3. The van der Waals surface area contributed by atoms with E-state index in [1.54, 1.807) is 36.5 Å². The molecule has 0 atom stereocenters. The van der Waals surface area contributed by atoms with E-state index in [-0.39, 0.29) is 29.2 Å². The second-order valence-corrected chi connectivity index (χ2v) is 8.07. The molecule has 1 aliphatic carbocycles. The van der Waals surface area contributed by atoms with Crippen LogP contribution in [-0.2, 0) is 9.53 Å². The van der Waals surface area contributed by atoms with Gasteiger partial charge in [0.05, 0.1) is 19.2 Å². The average molecular weight is 436 g/mol. The van der Waals surface area contributed by atoms with Gasteiger partial charge < -0.3 is 10.1 Å². The number of benzene rings is 1.